The molecule has 0 unspecified atom stereocenters. The standard InChI is InChI=1S/C19H28N6O4.CH2O2/c1-12(26)21-14-10-29-19(11-18(14,2)28)4-6-25(7-5-19)9-15-22-16-13(17(27)23-15)8-20-24(16)3;2-1-3/h8,14,28H,4-7,9-11H2,1-3H3,(H,21,26)(H,22,23,27);1H,(H,2,3)/t14-,18-;/m0./s1. The number of rotatable bonds is 3. The molecule has 2 aromatic rings. The van der Waals surface area contributed by atoms with E-state index in [0.717, 1.165) is 25.9 Å². The quantitative estimate of drug-likeness (QED) is 0.446. The van der Waals surface area contributed by atoms with Crippen LogP contribution in [0.1, 0.15) is 38.9 Å². The molecule has 12 nitrogen and oxygen atoms in total. The summed E-state index contributed by atoms with van der Waals surface area (Å²) in [5.41, 5.74) is -0.999. The van der Waals surface area contributed by atoms with Crippen molar-refractivity contribution in [2.24, 2.45) is 7.05 Å². The van der Waals surface area contributed by atoms with Crippen molar-refractivity contribution in [1.29, 1.82) is 0 Å². The fraction of sp³-hybridized carbons (Fsp3) is 0.650. The molecular formula is C20H30N6O6. The second-order valence-corrected chi connectivity index (χ2v) is 8.68. The Hall–Kier alpha value is -2.83. The fourth-order valence-corrected chi connectivity index (χ4v) is 4.51. The van der Waals surface area contributed by atoms with Crippen molar-refractivity contribution in [3.63, 3.8) is 0 Å². The molecule has 0 aromatic carbocycles. The molecule has 4 heterocycles. The first kappa shape index (κ1) is 23.8. The van der Waals surface area contributed by atoms with Gasteiger partial charge in [0.25, 0.3) is 12.0 Å². The van der Waals surface area contributed by atoms with Gasteiger partial charge in [0, 0.05) is 33.5 Å². The molecule has 4 rings (SSSR count). The van der Waals surface area contributed by atoms with E-state index in [1.54, 1.807) is 18.7 Å². The van der Waals surface area contributed by atoms with Gasteiger partial charge in [0.1, 0.15) is 11.2 Å². The summed E-state index contributed by atoms with van der Waals surface area (Å²) >= 11 is 0. The molecule has 2 fully saturated rings. The van der Waals surface area contributed by atoms with Crippen LogP contribution >= 0.6 is 0 Å². The van der Waals surface area contributed by atoms with Crippen LogP contribution in [0, 0.1) is 0 Å². The lowest BCUT2D eigenvalue weighted by atomic mass is 9.75. The maximum absolute atomic E-state index is 12.2. The molecule has 1 amide bonds. The van der Waals surface area contributed by atoms with E-state index in [9.17, 15) is 14.7 Å². The van der Waals surface area contributed by atoms with E-state index in [1.807, 2.05) is 0 Å². The molecule has 0 bridgehead atoms. The summed E-state index contributed by atoms with van der Waals surface area (Å²) in [7, 11) is 1.77. The van der Waals surface area contributed by atoms with Crippen molar-refractivity contribution in [3.05, 3.63) is 22.4 Å². The number of amides is 1. The van der Waals surface area contributed by atoms with E-state index in [2.05, 4.69) is 25.3 Å². The molecule has 0 radical (unpaired) electrons. The predicted molar refractivity (Wildman–Crippen MR) is 114 cm³/mol. The molecule has 176 valence electrons. The number of aromatic amines is 1. The van der Waals surface area contributed by atoms with Gasteiger partial charge < -0.3 is 25.3 Å². The average Bonchev–Trinajstić information content (AvgIpc) is 3.08. The van der Waals surface area contributed by atoms with Crippen LogP contribution in [0.15, 0.2) is 11.0 Å². The van der Waals surface area contributed by atoms with Crippen LogP contribution in [-0.2, 0) is 27.9 Å². The Morgan fingerprint density at radius 1 is 1.44 bits per heavy atom. The Kier molecular flexibility index (Phi) is 6.96. The number of piperidine rings is 1. The van der Waals surface area contributed by atoms with Crippen LogP contribution in [0.4, 0.5) is 0 Å². The number of likely N-dealkylation sites (tertiary alicyclic amines) is 1. The lowest BCUT2D eigenvalue weighted by Gasteiger charge is -2.51. The van der Waals surface area contributed by atoms with Crippen molar-refractivity contribution in [3.8, 4) is 0 Å². The highest BCUT2D eigenvalue weighted by Gasteiger charge is 2.49. The number of nitrogens with zero attached hydrogens (tertiary/aromatic N) is 4. The minimum atomic E-state index is -1.01. The lowest BCUT2D eigenvalue weighted by Crippen LogP contribution is -2.63. The highest BCUT2D eigenvalue weighted by molar-refractivity contribution is 5.73. The molecule has 12 heteroatoms. The van der Waals surface area contributed by atoms with Gasteiger partial charge in [-0.2, -0.15) is 5.10 Å². The molecule has 32 heavy (non-hydrogen) atoms. The number of hydrogen-bond donors (Lipinski definition) is 4. The van der Waals surface area contributed by atoms with Gasteiger partial charge in [0.2, 0.25) is 5.91 Å². The van der Waals surface area contributed by atoms with Crippen LogP contribution < -0.4 is 10.9 Å². The third kappa shape index (κ3) is 5.14. The van der Waals surface area contributed by atoms with Gasteiger partial charge in [-0.1, -0.05) is 0 Å². The number of carbonyl (C=O) groups is 2. The smallest absolute Gasteiger partial charge is 0.290 e. The summed E-state index contributed by atoms with van der Waals surface area (Å²) < 4.78 is 7.75. The predicted octanol–water partition coefficient (Wildman–Crippen LogP) is -0.632. The average molecular weight is 450 g/mol. The first-order valence-corrected chi connectivity index (χ1v) is 10.4. The Morgan fingerprint density at radius 3 is 2.69 bits per heavy atom. The summed E-state index contributed by atoms with van der Waals surface area (Å²) in [5.74, 6) is 0.445. The number of H-pyrrole nitrogens is 1. The van der Waals surface area contributed by atoms with Crippen molar-refractivity contribution in [2.45, 2.75) is 56.9 Å². The van der Waals surface area contributed by atoms with E-state index in [0.29, 0.717) is 36.4 Å². The minimum absolute atomic E-state index is 0.170. The van der Waals surface area contributed by atoms with Gasteiger partial charge >= 0.3 is 0 Å². The van der Waals surface area contributed by atoms with E-state index in [4.69, 9.17) is 14.6 Å². The largest absolute Gasteiger partial charge is 0.483 e. The molecule has 1 spiro atoms. The Bertz CT molecular complexity index is 1020. The minimum Gasteiger partial charge on any atom is -0.483 e. The first-order valence-electron chi connectivity index (χ1n) is 10.4. The third-order valence-corrected chi connectivity index (χ3v) is 6.16. The molecule has 2 aliphatic rings. The highest BCUT2D eigenvalue weighted by atomic mass is 16.5. The molecule has 0 aliphatic carbocycles. The lowest BCUT2D eigenvalue weighted by molar-refractivity contribution is -0.189. The van der Waals surface area contributed by atoms with Crippen molar-refractivity contribution in [1.82, 2.24) is 30.0 Å². The molecule has 2 atom stereocenters. The zero-order valence-corrected chi connectivity index (χ0v) is 18.5. The van der Waals surface area contributed by atoms with E-state index in [-0.39, 0.29) is 23.5 Å². The van der Waals surface area contributed by atoms with Crippen molar-refractivity contribution in [2.75, 3.05) is 19.7 Å². The maximum Gasteiger partial charge on any atom is 0.290 e. The maximum atomic E-state index is 12.2. The number of fused-ring (bicyclic) bond motifs is 1. The van der Waals surface area contributed by atoms with Crippen molar-refractivity contribution < 1.29 is 24.5 Å². The summed E-state index contributed by atoms with van der Waals surface area (Å²) in [6.07, 6.45) is 3.55. The second-order valence-electron chi connectivity index (χ2n) is 8.68. The zero-order valence-electron chi connectivity index (χ0n) is 18.5. The number of aryl methyl sites for hydroxylation is 1. The third-order valence-electron chi connectivity index (χ3n) is 6.16. The highest BCUT2D eigenvalue weighted by Crippen LogP contribution is 2.39. The number of aromatic nitrogens is 4. The van der Waals surface area contributed by atoms with E-state index in [1.165, 1.54) is 13.1 Å². The van der Waals surface area contributed by atoms with Crippen LogP contribution in [0.5, 0.6) is 0 Å². The zero-order chi connectivity index (χ0) is 23.5. The molecule has 2 saturated heterocycles. The van der Waals surface area contributed by atoms with Crippen LogP contribution in [0.3, 0.4) is 0 Å². The Labute approximate surface area is 184 Å². The number of carboxylic acid groups (broad SMARTS) is 1. The van der Waals surface area contributed by atoms with Gasteiger partial charge in [0.15, 0.2) is 5.65 Å². The molecule has 2 aliphatic heterocycles. The number of ether oxygens (including phenoxy) is 1. The van der Waals surface area contributed by atoms with E-state index < -0.39 is 11.6 Å². The summed E-state index contributed by atoms with van der Waals surface area (Å²) in [5, 5.41) is 25.1. The van der Waals surface area contributed by atoms with Crippen LogP contribution in [0.2, 0.25) is 0 Å². The Morgan fingerprint density at radius 2 is 2.09 bits per heavy atom. The number of carbonyl (C=O) groups excluding carboxylic acids is 1. The van der Waals surface area contributed by atoms with Gasteiger partial charge in [-0.25, -0.2) is 4.98 Å². The molecule has 0 saturated carbocycles. The van der Waals surface area contributed by atoms with Gasteiger partial charge in [0.05, 0.1) is 36.6 Å². The first-order chi connectivity index (χ1) is 15.1. The van der Waals surface area contributed by atoms with Crippen molar-refractivity contribution >= 4 is 23.4 Å². The monoisotopic (exact) mass is 450 g/mol. The van der Waals surface area contributed by atoms with Crippen LogP contribution in [-0.4, -0.2) is 84.2 Å². The SMILES string of the molecule is CC(=O)N[C@H]1COC2(CCN(Cc3nc4c(cnn4C)c(=O)[nH]3)CC2)C[C@]1(C)O.O=CO. The topological polar surface area (TPSA) is 163 Å². The summed E-state index contributed by atoms with van der Waals surface area (Å²) in [4.78, 5) is 41.6. The van der Waals surface area contributed by atoms with Crippen LogP contribution in [0.25, 0.3) is 11.0 Å². The molecule has 4 N–H and O–H groups in total. The fourth-order valence-electron chi connectivity index (χ4n) is 4.51. The number of hydrogen-bond acceptors (Lipinski definition) is 8. The number of aliphatic hydroxyl groups is 1. The number of nitrogens with one attached hydrogen (secondary N) is 2. The van der Waals surface area contributed by atoms with Gasteiger partial charge in [-0.15, -0.1) is 0 Å². The summed E-state index contributed by atoms with van der Waals surface area (Å²) in [6, 6.07) is -0.399. The normalized spacial score (nSPS) is 25.2. The van der Waals surface area contributed by atoms with Gasteiger partial charge in [-0.3, -0.25) is 24.0 Å². The Balaban J connectivity index is 0.000000913. The molecular weight excluding hydrogens is 420 g/mol. The molecule has 2 aromatic heterocycles. The van der Waals surface area contributed by atoms with E-state index >= 15 is 0 Å². The second kappa shape index (κ2) is 9.35. The summed E-state index contributed by atoms with van der Waals surface area (Å²) in [6.45, 7) is 5.35. The van der Waals surface area contributed by atoms with Gasteiger partial charge in [-0.05, 0) is 19.8 Å².